The maximum absolute atomic E-state index is 10.0. The number of phenolic OH excluding ortho intramolecular Hbond substituents is 1. The maximum atomic E-state index is 10.0. The second-order valence-electron chi connectivity index (χ2n) is 6.42. The molecule has 0 saturated heterocycles. The third-order valence-electron chi connectivity index (χ3n) is 5.16. The molecule has 0 bridgehead atoms. The lowest BCUT2D eigenvalue weighted by Gasteiger charge is -2.41. The summed E-state index contributed by atoms with van der Waals surface area (Å²) >= 11 is 6.07. The molecule has 0 aliphatic carbocycles. The summed E-state index contributed by atoms with van der Waals surface area (Å²) in [5, 5.41) is 10.4. The SMILES string of the molecule is Oc1cc2c(cc1Cl)CCN1Cc3cc4c(cc3C[C@@H]21)OCO4. The molecule has 23 heavy (non-hydrogen) atoms. The Kier molecular flexibility index (Phi) is 2.82. The molecule has 2 aromatic carbocycles. The first-order chi connectivity index (χ1) is 11.2. The van der Waals surface area contributed by atoms with Crippen molar-refractivity contribution < 1.29 is 14.6 Å². The molecule has 5 heteroatoms. The fraction of sp³-hybridized carbons (Fsp3) is 0.333. The van der Waals surface area contributed by atoms with Crippen LogP contribution in [0, 0.1) is 0 Å². The second-order valence-corrected chi connectivity index (χ2v) is 6.82. The van der Waals surface area contributed by atoms with E-state index in [1.165, 1.54) is 22.3 Å². The molecule has 118 valence electrons. The highest BCUT2D eigenvalue weighted by atomic mass is 35.5. The minimum absolute atomic E-state index is 0.170. The Morgan fingerprint density at radius 3 is 2.65 bits per heavy atom. The molecule has 0 spiro atoms. The first kappa shape index (κ1) is 13.5. The molecule has 3 aliphatic rings. The summed E-state index contributed by atoms with van der Waals surface area (Å²) < 4.78 is 11.0. The summed E-state index contributed by atoms with van der Waals surface area (Å²) in [6.45, 7) is 2.21. The van der Waals surface area contributed by atoms with E-state index in [0.29, 0.717) is 11.8 Å². The molecule has 0 amide bonds. The van der Waals surface area contributed by atoms with Crippen molar-refractivity contribution in [1.29, 1.82) is 0 Å². The van der Waals surface area contributed by atoms with Crippen LogP contribution in [0.1, 0.15) is 28.3 Å². The predicted molar refractivity (Wildman–Crippen MR) is 86.2 cm³/mol. The molecule has 3 heterocycles. The van der Waals surface area contributed by atoms with Crippen LogP contribution in [-0.2, 0) is 19.4 Å². The minimum Gasteiger partial charge on any atom is -0.506 e. The Labute approximate surface area is 139 Å². The van der Waals surface area contributed by atoms with Crippen molar-refractivity contribution in [3.05, 3.63) is 51.5 Å². The Morgan fingerprint density at radius 2 is 1.83 bits per heavy atom. The molecule has 1 N–H and O–H groups in total. The van der Waals surface area contributed by atoms with Gasteiger partial charge < -0.3 is 14.6 Å². The standard InChI is InChI=1S/C18H16ClNO3/c19-14-3-10-1-2-20-8-12-6-18-17(22-9-23-18)5-11(12)4-15(20)13(10)7-16(14)21/h3,5-7,15,21H,1-2,4,8-9H2/t15-/m0/s1. The summed E-state index contributed by atoms with van der Waals surface area (Å²) in [5.41, 5.74) is 5.06. The molecule has 2 aromatic rings. The first-order valence-electron chi connectivity index (χ1n) is 7.86. The molecule has 0 aromatic heterocycles. The largest absolute Gasteiger partial charge is 0.506 e. The molecule has 5 rings (SSSR count). The number of rotatable bonds is 0. The van der Waals surface area contributed by atoms with E-state index >= 15 is 0 Å². The lowest BCUT2D eigenvalue weighted by Crippen LogP contribution is -2.39. The Bertz CT molecular complexity index is 820. The number of nitrogens with zero attached hydrogens (tertiary/aromatic N) is 1. The van der Waals surface area contributed by atoms with Crippen molar-refractivity contribution in [3.8, 4) is 17.2 Å². The third-order valence-corrected chi connectivity index (χ3v) is 5.46. The van der Waals surface area contributed by atoms with Gasteiger partial charge in [-0.1, -0.05) is 11.6 Å². The van der Waals surface area contributed by atoms with Gasteiger partial charge in [0.15, 0.2) is 11.5 Å². The smallest absolute Gasteiger partial charge is 0.231 e. The van der Waals surface area contributed by atoms with Crippen molar-refractivity contribution in [2.45, 2.75) is 25.4 Å². The van der Waals surface area contributed by atoms with Gasteiger partial charge in [0.25, 0.3) is 0 Å². The Morgan fingerprint density at radius 1 is 1.04 bits per heavy atom. The highest BCUT2D eigenvalue weighted by Crippen LogP contribution is 2.44. The normalized spacial score (nSPS) is 21.5. The molecule has 0 unspecified atom stereocenters. The number of halogens is 1. The molecule has 0 radical (unpaired) electrons. The summed E-state index contributed by atoms with van der Waals surface area (Å²) in [7, 11) is 0. The van der Waals surface area contributed by atoms with Crippen LogP contribution in [0.3, 0.4) is 0 Å². The van der Waals surface area contributed by atoms with Gasteiger partial charge in [-0.15, -0.1) is 0 Å². The number of ether oxygens (including phenoxy) is 2. The molecular weight excluding hydrogens is 314 g/mol. The van der Waals surface area contributed by atoms with E-state index in [1.807, 2.05) is 12.1 Å². The first-order valence-corrected chi connectivity index (χ1v) is 8.23. The average molecular weight is 330 g/mol. The quantitative estimate of drug-likeness (QED) is 0.804. The Hall–Kier alpha value is -1.91. The number of phenols is 1. The summed E-state index contributed by atoms with van der Waals surface area (Å²) in [5.74, 6) is 1.86. The molecule has 0 fully saturated rings. The van der Waals surface area contributed by atoms with E-state index in [1.54, 1.807) is 0 Å². The molecule has 3 aliphatic heterocycles. The summed E-state index contributed by atoms with van der Waals surface area (Å²) in [4.78, 5) is 2.47. The fourth-order valence-electron chi connectivity index (χ4n) is 3.98. The van der Waals surface area contributed by atoms with E-state index < -0.39 is 0 Å². The minimum atomic E-state index is 0.170. The van der Waals surface area contributed by atoms with Crippen LogP contribution < -0.4 is 9.47 Å². The van der Waals surface area contributed by atoms with E-state index in [2.05, 4.69) is 17.0 Å². The van der Waals surface area contributed by atoms with Gasteiger partial charge in [-0.25, -0.2) is 0 Å². The van der Waals surface area contributed by atoms with Crippen LogP contribution in [-0.4, -0.2) is 23.3 Å². The van der Waals surface area contributed by atoms with Crippen molar-refractivity contribution in [2.24, 2.45) is 0 Å². The number of hydrogen-bond acceptors (Lipinski definition) is 4. The van der Waals surface area contributed by atoms with E-state index in [0.717, 1.165) is 37.4 Å². The molecule has 0 saturated carbocycles. The topological polar surface area (TPSA) is 41.9 Å². The lowest BCUT2D eigenvalue weighted by atomic mass is 9.84. The van der Waals surface area contributed by atoms with Crippen molar-refractivity contribution in [1.82, 2.24) is 4.90 Å². The zero-order valence-electron chi connectivity index (χ0n) is 12.5. The van der Waals surface area contributed by atoms with Gasteiger partial charge in [-0.3, -0.25) is 4.90 Å². The molecule has 4 nitrogen and oxygen atoms in total. The van der Waals surface area contributed by atoms with Crippen LogP contribution in [0.2, 0.25) is 5.02 Å². The van der Waals surface area contributed by atoms with Crippen LogP contribution in [0.5, 0.6) is 17.2 Å². The average Bonchev–Trinajstić information content (AvgIpc) is 2.99. The maximum Gasteiger partial charge on any atom is 0.231 e. The van der Waals surface area contributed by atoms with E-state index in [-0.39, 0.29) is 11.8 Å². The zero-order valence-corrected chi connectivity index (χ0v) is 13.3. The van der Waals surface area contributed by atoms with Gasteiger partial charge >= 0.3 is 0 Å². The summed E-state index contributed by atoms with van der Waals surface area (Å²) in [6, 6.07) is 8.27. The van der Waals surface area contributed by atoms with Crippen molar-refractivity contribution in [2.75, 3.05) is 13.3 Å². The van der Waals surface area contributed by atoms with E-state index in [4.69, 9.17) is 21.1 Å². The van der Waals surface area contributed by atoms with Crippen molar-refractivity contribution >= 4 is 11.6 Å². The molecular formula is C18H16ClNO3. The predicted octanol–water partition coefficient (Wildman–Crippen LogP) is 3.43. The Balaban J connectivity index is 1.58. The fourth-order valence-corrected chi connectivity index (χ4v) is 4.17. The zero-order chi connectivity index (χ0) is 15.6. The monoisotopic (exact) mass is 329 g/mol. The third kappa shape index (κ3) is 2.02. The van der Waals surface area contributed by atoms with E-state index in [9.17, 15) is 5.11 Å². The number of hydrogen-bond donors (Lipinski definition) is 1. The molecule has 1 atom stereocenters. The number of aromatic hydroxyl groups is 1. The highest BCUT2D eigenvalue weighted by molar-refractivity contribution is 6.32. The van der Waals surface area contributed by atoms with Gasteiger partial charge in [0.2, 0.25) is 6.79 Å². The van der Waals surface area contributed by atoms with Crippen LogP contribution in [0.4, 0.5) is 0 Å². The van der Waals surface area contributed by atoms with Gasteiger partial charge in [-0.2, -0.15) is 0 Å². The van der Waals surface area contributed by atoms with Crippen LogP contribution >= 0.6 is 11.6 Å². The van der Waals surface area contributed by atoms with Gasteiger partial charge in [0.1, 0.15) is 5.75 Å². The second kappa shape index (κ2) is 4.79. The highest BCUT2D eigenvalue weighted by Gasteiger charge is 2.33. The van der Waals surface area contributed by atoms with Crippen LogP contribution in [0.15, 0.2) is 24.3 Å². The number of fused-ring (bicyclic) bond motifs is 5. The van der Waals surface area contributed by atoms with Crippen LogP contribution in [0.25, 0.3) is 0 Å². The van der Waals surface area contributed by atoms with Gasteiger partial charge in [0, 0.05) is 19.1 Å². The number of benzene rings is 2. The van der Waals surface area contributed by atoms with Gasteiger partial charge in [-0.05, 0) is 59.4 Å². The van der Waals surface area contributed by atoms with Crippen molar-refractivity contribution in [3.63, 3.8) is 0 Å². The summed E-state index contributed by atoms with van der Waals surface area (Å²) in [6.07, 6.45) is 1.88. The van der Waals surface area contributed by atoms with Gasteiger partial charge in [0.05, 0.1) is 5.02 Å². The lowest BCUT2D eigenvalue weighted by molar-refractivity contribution is 0.160.